The van der Waals surface area contributed by atoms with Gasteiger partial charge in [0.05, 0.1) is 10.5 Å². The highest BCUT2D eigenvalue weighted by Crippen LogP contribution is 2.29. The molecule has 2 aliphatic rings. The average Bonchev–Trinajstić information content (AvgIpc) is 2.45. The lowest BCUT2D eigenvalue weighted by atomic mass is 9.91. The van der Waals surface area contributed by atoms with E-state index in [-0.39, 0.29) is 10.6 Å². The number of nitro groups is 1. The zero-order valence-electron chi connectivity index (χ0n) is 12.2. The molecule has 0 aromatic heterocycles. The lowest BCUT2D eigenvalue weighted by Crippen LogP contribution is -2.64. The summed E-state index contributed by atoms with van der Waals surface area (Å²) >= 11 is 0. The van der Waals surface area contributed by atoms with Crippen LogP contribution in [0.3, 0.4) is 0 Å². The standard InChI is InChI=1S/C15H21N3O3/c1-15(19)10-17(11-15)13-6-8-16(9-7-13)12-2-4-14(5-3-12)18(20)21/h2-5,13,19H,6-11H2,1H3. The number of hydrogen-bond acceptors (Lipinski definition) is 5. The number of likely N-dealkylation sites (tertiary alicyclic amines) is 1. The first-order valence-corrected chi connectivity index (χ1v) is 7.40. The van der Waals surface area contributed by atoms with Crippen molar-refractivity contribution in [3.8, 4) is 0 Å². The van der Waals surface area contributed by atoms with Gasteiger partial charge in [0.25, 0.3) is 5.69 Å². The van der Waals surface area contributed by atoms with Gasteiger partial charge in [-0.2, -0.15) is 0 Å². The number of piperidine rings is 1. The molecule has 21 heavy (non-hydrogen) atoms. The number of β-amino-alcohol motifs (C(OH)–C–C–N with tert-alkyl or cyclic N) is 1. The molecule has 0 aliphatic carbocycles. The minimum atomic E-state index is -0.504. The van der Waals surface area contributed by atoms with Crippen molar-refractivity contribution in [2.24, 2.45) is 0 Å². The van der Waals surface area contributed by atoms with E-state index in [1.165, 1.54) is 0 Å². The number of hydrogen-bond donors (Lipinski definition) is 1. The van der Waals surface area contributed by atoms with Crippen LogP contribution < -0.4 is 4.90 Å². The van der Waals surface area contributed by atoms with Crippen LogP contribution in [-0.2, 0) is 0 Å². The van der Waals surface area contributed by atoms with Gasteiger partial charge in [-0.25, -0.2) is 0 Å². The summed E-state index contributed by atoms with van der Waals surface area (Å²) in [5.74, 6) is 0. The van der Waals surface area contributed by atoms with E-state index in [0.29, 0.717) is 6.04 Å². The average molecular weight is 291 g/mol. The summed E-state index contributed by atoms with van der Waals surface area (Å²) in [4.78, 5) is 14.9. The van der Waals surface area contributed by atoms with Gasteiger partial charge >= 0.3 is 0 Å². The molecule has 6 nitrogen and oxygen atoms in total. The number of nitro benzene ring substituents is 1. The molecule has 1 aromatic carbocycles. The molecule has 0 bridgehead atoms. The molecule has 0 radical (unpaired) electrons. The van der Waals surface area contributed by atoms with Crippen molar-refractivity contribution in [1.82, 2.24) is 4.90 Å². The van der Waals surface area contributed by atoms with E-state index in [4.69, 9.17) is 0 Å². The summed E-state index contributed by atoms with van der Waals surface area (Å²) in [6.07, 6.45) is 2.15. The van der Waals surface area contributed by atoms with Crippen LogP contribution in [0.4, 0.5) is 11.4 Å². The Bertz CT molecular complexity index is 513. The van der Waals surface area contributed by atoms with Crippen LogP contribution in [-0.4, -0.2) is 52.8 Å². The fraction of sp³-hybridized carbons (Fsp3) is 0.600. The highest BCUT2D eigenvalue weighted by molar-refractivity contribution is 5.51. The minimum Gasteiger partial charge on any atom is -0.388 e. The maximum Gasteiger partial charge on any atom is 0.269 e. The highest BCUT2D eigenvalue weighted by Gasteiger charge is 2.40. The van der Waals surface area contributed by atoms with Crippen LogP contribution in [0, 0.1) is 10.1 Å². The van der Waals surface area contributed by atoms with Crippen LogP contribution in [0.2, 0.25) is 0 Å². The third kappa shape index (κ3) is 3.01. The van der Waals surface area contributed by atoms with E-state index >= 15 is 0 Å². The van der Waals surface area contributed by atoms with E-state index in [1.54, 1.807) is 12.1 Å². The van der Waals surface area contributed by atoms with E-state index in [0.717, 1.165) is 44.7 Å². The van der Waals surface area contributed by atoms with Crippen molar-refractivity contribution in [3.05, 3.63) is 34.4 Å². The minimum absolute atomic E-state index is 0.136. The van der Waals surface area contributed by atoms with Gasteiger partial charge in [-0.3, -0.25) is 15.0 Å². The SMILES string of the molecule is CC1(O)CN(C2CCN(c3ccc([N+](=O)[O-])cc3)CC2)C1. The summed E-state index contributed by atoms with van der Waals surface area (Å²) in [6, 6.07) is 7.33. The smallest absolute Gasteiger partial charge is 0.269 e. The Morgan fingerprint density at radius 2 is 1.81 bits per heavy atom. The number of benzene rings is 1. The Hall–Kier alpha value is -1.66. The number of rotatable bonds is 3. The lowest BCUT2D eigenvalue weighted by molar-refractivity contribution is -0.384. The van der Waals surface area contributed by atoms with Gasteiger partial charge in [0.2, 0.25) is 0 Å². The van der Waals surface area contributed by atoms with E-state index in [9.17, 15) is 15.2 Å². The van der Waals surface area contributed by atoms with E-state index in [2.05, 4.69) is 9.80 Å². The molecular formula is C15H21N3O3. The van der Waals surface area contributed by atoms with Gasteiger partial charge in [-0.15, -0.1) is 0 Å². The van der Waals surface area contributed by atoms with Crippen molar-refractivity contribution >= 4 is 11.4 Å². The predicted molar refractivity (Wildman–Crippen MR) is 80.5 cm³/mol. The Labute approximate surface area is 124 Å². The maximum absolute atomic E-state index is 10.7. The van der Waals surface area contributed by atoms with Gasteiger partial charge in [-0.05, 0) is 31.9 Å². The molecule has 6 heteroatoms. The first kappa shape index (κ1) is 14.3. The normalized spacial score (nSPS) is 22.9. The fourth-order valence-electron chi connectivity index (χ4n) is 3.36. The Balaban J connectivity index is 1.55. The molecule has 2 saturated heterocycles. The summed E-state index contributed by atoms with van der Waals surface area (Å²) in [6.45, 7) is 5.35. The monoisotopic (exact) mass is 291 g/mol. The molecule has 0 atom stereocenters. The number of nitrogens with zero attached hydrogens (tertiary/aromatic N) is 3. The molecule has 1 aromatic rings. The summed E-state index contributed by atoms with van der Waals surface area (Å²) in [5.41, 5.74) is 0.682. The van der Waals surface area contributed by atoms with Crippen LogP contribution in [0.25, 0.3) is 0 Å². The molecule has 0 amide bonds. The van der Waals surface area contributed by atoms with Gasteiger partial charge in [0, 0.05) is 50.0 Å². The first-order valence-electron chi connectivity index (χ1n) is 7.40. The highest BCUT2D eigenvalue weighted by atomic mass is 16.6. The second-order valence-corrected chi connectivity index (χ2v) is 6.39. The summed E-state index contributed by atoms with van der Waals surface area (Å²) in [5, 5.41) is 20.5. The third-order valence-electron chi connectivity index (χ3n) is 4.49. The third-order valence-corrected chi connectivity index (χ3v) is 4.49. The topological polar surface area (TPSA) is 69.8 Å². The molecule has 2 heterocycles. The van der Waals surface area contributed by atoms with Gasteiger partial charge in [0.15, 0.2) is 0 Å². The van der Waals surface area contributed by atoms with Crippen molar-refractivity contribution in [2.45, 2.75) is 31.4 Å². The molecule has 114 valence electrons. The molecule has 1 N–H and O–H groups in total. The van der Waals surface area contributed by atoms with Crippen LogP contribution in [0.15, 0.2) is 24.3 Å². The zero-order valence-corrected chi connectivity index (χ0v) is 12.2. The first-order chi connectivity index (χ1) is 9.94. The second-order valence-electron chi connectivity index (χ2n) is 6.39. The molecule has 2 fully saturated rings. The zero-order chi connectivity index (χ0) is 15.0. The van der Waals surface area contributed by atoms with Gasteiger partial charge in [-0.1, -0.05) is 0 Å². The van der Waals surface area contributed by atoms with Crippen LogP contribution in [0.1, 0.15) is 19.8 Å². The van der Waals surface area contributed by atoms with Gasteiger partial charge < -0.3 is 10.0 Å². The molecule has 0 unspecified atom stereocenters. The number of non-ortho nitro benzene ring substituents is 1. The van der Waals surface area contributed by atoms with Crippen LogP contribution >= 0.6 is 0 Å². The second kappa shape index (κ2) is 5.27. The molecule has 3 rings (SSSR count). The Morgan fingerprint density at radius 3 is 2.29 bits per heavy atom. The largest absolute Gasteiger partial charge is 0.388 e. The maximum atomic E-state index is 10.7. The Morgan fingerprint density at radius 1 is 1.24 bits per heavy atom. The van der Waals surface area contributed by atoms with Crippen molar-refractivity contribution in [1.29, 1.82) is 0 Å². The number of aliphatic hydroxyl groups is 1. The molecule has 0 spiro atoms. The molecule has 0 saturated carbocycles. The predicted octanol–water partition coefficient (Wildman–Crippen LogP) is 1.63. The number of anilines is 1. The van der Waals surface area contributed by atoms with Crippen LogP contribution in [0.5, 0.6) is 0 Å². The van der Waals surface area contributed by atoms with Crippen molar-refractivity contribution in [3.63, 3.8) is 0 Å². The molecular weight excluding hydrogens is 270 g/mol. The van der Waals surface area contributed by atoms with Crippen molar-refractivity contribution in [2.75, 3.05) is 31.1 Å². The summed E-state index contributed by atoms with van der Waals surface area (Å²) in [7, 11) is 0. The van der Waals surface area contributed by atoms with Gasteiger partial charge in [0.1, 0.15) is 0 Å². The summed E-state index contributed by atoms with van der Waals surface area (Å²) < 4.78 is 0. The van der Waals surface area contributed by atoms with E-state index in [1.807, 2.05) is 19.1 Å². The fourth-order valence-corrected chi connectivity index (χ4v) is 3.36. The van der Waals surface area contributed by atoms with E-state index < -0.39 is 5.60 Å². The van der Waals surface area contributed by atoms with Crippen molar-refractivity contribution < 1.29 is 10.0 Å². The Kier molecular flexibility index (Phi) is 3.59. The quantitative estimate of drug-likeness (QED) is 0.677. The molecule has 2 aliphatic heterocycles. The lowest BCUT2D eigenvalue weighted by Gasteiger charge is -2.50.